The molecule has 0 unspecified atom stereocenters. The third kappa shape index (κ3) is 1.45. The van der Waals surface area contributed by atoms with E-state index < -0.39 is 0 Å². The number of rotatable bonds is 0. The van der Waals surface area contributed by atoms with E-state index in [1.807, 2.05) is 0 Å². The van der Waals surface area contributed by atoms with Gasteiger partial charge in [-0.3, -0.25) is 9.21 Å². The molecule has 0 saturated carbocycles. The number of nitrogens with one attached hydrogen (secondary N) is 1. The molecule has 0 fully saturated rings. The molecule has 0 spiro atoms. The van der Waals surface area contributed by atoms with Gasteiger partial charge in [0.25, 0.3) is 0 Å². The number of anilines is 2. The number of para-hydroxylation sites is 1. The second-order valence-corrected chi connectivity index (χ2v) is 3.52. The molecule has 13 heavy (non-hydrogen) atoms. The molecule has 1 amide bonds. The van der Waals surface area contributed by atoms with E-state index in [1.165, 1.54) is 4.42 Å². The zero-order valence-corrected chi connectivity index (χ0v) is 8.06. The first-order valence-corrected chi connectivity index (χ1v) is 4.42. The summed E-state index contributed by atoms with van der Waals surface area (Å²) in [5.74, 6) is -0.134. The van der Waals surface area contributed by atoms with E-state index in [0.29, 0.717) is 16.4 Å². The molecule has 0 aliphatic carbocycles. The summed E-state index contributed by atoms with van der Waals surface area (Å²) >= 11 is 11.7. The highest BCUT2D eigenvalue weighted by Gasteiger charge is 2.22. The van der Waals surface area contributed by atoms with Crippen molar-refractivity contribution >= 4 is 40.7 Å². The van der Waals surface area contributed by atoms with Gasteiger partial charge in [0, 0.05) is 11.8 Å². The highest BCUT2D eigenvalue weighted by atomic mass is 35.5. The van der Waals surface area contributed by atoms with Crippen LogP contribution in [0.3, 0.4) is 0 Å². The first-order chi connectivity index (χ1) is 6.18. The molecule has 0 bridgehead atoms. The molecule has 3 nitrogen and oxygen atoms in total. The van der Waals surface area contributed by atoms with Gasteiger partial charge in [-0.1, -0.05) is 17.7 Å². The summed E-state index contributed by atoms with van der Waals surface area (Å²) < 4.78 is 1.32. The normalized spacial score (nSPS) is 15.2. The summed E-state index contributed by atoms with van der Waals surface area (Å²) in [4.78, 5) is 11.1. The summed E-state index contributed by atoms with van der Waals surface area (Å²) in [5.41, 5.74) is 1.31. The second kappa shape index (κ2) is 3.09. The van der Waals surface area contributed by atoms with Gasteiger partial charge in [-0.25, -0.2) is 0 Å². The van der Waals surface area contributed by atoms with Crippen LogP contribution >= 0.6 is 23.4 Å². The average Bonchev–Trinajstić information content (AvgIpc) is 2.02. The van der Waals surface area contributed by atoms with E-state index in [0.717, 1.165) is 0 Å². The standard InChI is InChI=1S/C8H6Cl2N2O/c9-5-2-1-3-6-8(5)12(10)4-7(13)11-6/h1-3H,4H2,(H,11,13). The molecule has 1 aromatic carbocycles. The second-order valence-electron chi connectivity index (χ2n) is 2.70. The van der Waals surface area contributed by atoms with E-state index in [2.05, 4.69) is 5.32 Å². The van der Waals surface area contributed by atoms with Crippen LogP contribution in [0.4, 0.5) is 11.4 Å². The minimum Gasteiger partial charge on any atom is -0.323 e. The topological polar surface area (TPSA) is 32.3 Å². The predicted octanol–water partition coefficient (Wildman–Crippen LogP) is 2.25. The van der Waals surface area contributed by atoms with Crippen LogP contribution in [0.2, 0.25) is 5.02 Å². The summed E-state index contributed by atoms with van der Waals surface area (Å²) in [5, 5.41) is 3.22. The van der Waals surface area contributed by atoms with Crippen LogP contribution in [0.1, 0.15) is 0 Å². The Hall–Kier alpha value is -0.930. The number of benzene rings is 1. The van der Waals surface area contributed by atoms with Crippen molar-refractivity contribution in [3.8, 4) is 0 Å². The number of nitrogens with zero attached hydrogens (tertiary/aromatic N) is 1. The van der Waals surface area contributed by atoms with Crippen LogP contribution in [0.15, 0.2) is 18.2 Å². The fraction of sp³-hybridized carbons (Fsp3) is 0.125. The third-order valence-corrected chi connectivity index (χ3v) is 2.38. The Morgan fingerprint density at radius 2 is 2.23 bits per heavy atom. The molecule has 68 valence electrons. The van der Waals surface area contributed by atoms with Crippen molar-refractivity contribution < 1.29 is 4.79 Å². The van der Waals surface area contributed by atoms with Crippen molar-refractivity contribution in [3.63, 3.8) is 0 Å². The molecule has 1 N–H and O–H groups in total. The maximum Gasteiger partial charge on any atom is 0.245 e. The van der Waals surface area contributed by atoms with E-state index >= 15 is 0 Å². The Labute approximate surface area is 85.3 Å². The highest BCUT2D eigenvalue weighted by molar-refractivity contribution is 6.38. The Morgan fingerprint density at radius 1 is 1.46 bits per heavy atom. The Morgan fingerprint density at radius 3 is 3.00 bits per heavy atom. The molecule has 1 aliphatic heterocycles. The van der Waals surface area contributed by atoms with E-state index in [1.54, 1.807) is 18.2 Å². The Balaban J connectivity index is 2.55. The average molecular weight is 217 g/mol. The lowest BCUT2D eigenvalue weighted by molar-refractivity contribution is -0.114. The van der Waals surface area contributed by atoms with Crippen LogP contribution in [0.25, 0.3) is 0 Å². The quantitative estimate of drug-likeness (QED) is 0.676. The highest BCUT2D eigenvalue weighted by Crippen LogP contribution is 2.36. The van der Waals surface area contributed by atoms with Crippen molar-refractivity contribution in [2.45, 2.75) is 0 Å². The summed E-state index contributed by atoms with van der Waals surface area (Å²) in [6, 6.07) is 5.25. The first-order valence-electron chi connectivity index (χ1n) is 3.70. The fourth-order valence-corrected chi connectivity index (χ4v) is 1.87. The van der Waals surface area contributed by atoms with Crippen molar-refractivity contribution in [1.82, 2.24) is 0 Å². The lowest BCUT2D eigenvalue weighted by Crippen LogP contribution is -2.32. The lowest BCUT2D eigenvalue weighted by atomic mass is 10.2. The SMILES string of the molecule is O=C1CN(Cl)c2c(Cl)cccc2N1. The third-order valence-electron chi connectivity index (χ3n) is 1.79. The zero-order chi connectivity index (χ0) is 9.42. The number of fused-ring (bicyclic) bond motifs is 1. The largest absolute Gasteiger partial charge is 0.323 e. The van der Waals surface area contributed by atoms with Crippen LogP contribution in [0.5, 0.6) is 0 Å². The van der Waals surface area contributed by atoms with Gasteiger partial charge in [0.1, 0.15) is 6.54 Å². The van der Waals surface area contributed by atoms with E-state index in [-0.39, 0.29) is 12.5 Å². The number of halogens is 2. The number of amides is 1. The fourth-order valence-electron chi connectivity index (χ4n) is 1.26. The molecule has 2 rings (SSSR count). The smallest absolute Gasteiger partial charge is 0.245 e. The van der Waals surface area contributed by atoms with E-state index in [4.69, 9.17) is 23.4 Å². The van der Waals surface area contributed by atoms with Gasteiger partial charge in [-0.15, -0.1) is 0 Å². The summed E-state index contributed by atoms with van der Waals surface area (Å²) in [7, 11) is 0. The lowest BCUT2D eigenvalue weighted by Gasteiger charge is -2.25. The van der Waals surface area contributed by atoms with Gasteiger partial charge in [0.05, 0.1) is 16.4 Å². The Bertz CT molecular complexity index is 367. The number of carbonyl (C=O) groups excluding carboxylic acids is 1. The van der Waals surface area contributed by atoms with Gasteiger partial charge in [-0.2, -0.15) is 0 Å². The monoisotopic (exact) mass is 216 g/mol. The molecule has 0 aromatic heterocycles. The molecule has 5 heteroatoms. The van der Waals surface area contributed by atoms with Crippen molar-refractivity contribution in [1.29, 1.82) is 0 Å². The summed E-state index contributed by atoms with van der Waals surface area (Å²) in [6.07, 6.45) is 0. The van der Waals surface area contributed by atoms with Gasteiger partial charge in [0.15, 0.2) is 0 Å². The Kier molecular flexibility index (Phi) is 2.06. The molecule has 0 saturated heterocycles. The predicted molar refractivity (Wildman–Crippen MR) is 53.3 cm³/mol. The van der Waals surface area contributed by atoms with Crippen LogP contribution in [-0.2, 0) is 4.79 Å². The molecular weight excluding hydrogens is 211 g/mol. The molecule has 1 aliphatic rings. The van der Waals surface area contributed by atoms with Gasteiger partial charge < -0.3 is 5.32 Å². The van der Waals surface area contributed by atoms with Crippen LogP contribution in [0, 0.1) is 0 Å². The van der Waals surface area contributed by atoms with Crippen molar-refractivity contribution in [3.05, 3.63) is 23.2 Å². The van der Waals surface area contributed by atoms with Gasteiger partial charge in [-0.05, 0) is 12.1 Å². The van der Waals surface area contributed by atoms with Crippen LogP contribution in [-0.4, -0.2) is 12.5 Å². The van der Waals surface area contributed by atoms with Gasteiger partial charge in [0.2, 0.25) is 5.91 Å². The number of hydrogen-bond donors (Lipinski definition) is 1. The van der Waals surface area contributed by atoms with Gasteiger partial charge >= 0.3 is 0 Å². The number of hydrogen-bond acceptors (Lipinski definition) is 2. The molecule has 1 aromatic rings. The maximum absolute atomic E-state index is 11.1. The van der Waals surface area contributed by atoms with Crippen LogP contribution < -0.4 is 9.74 Å². The van der Waals surface area contributed by atoms with E-state index in [9.17, 15) is 4.79 Å². The number of carbonyl (C=O) groups is 1. The zero-order valence-electron chi connectivity index (χ0n) is 6.55. The first kappa shape index (κ1) is 8.66. The summed E-state index contributed by atoms with van der Waals surface area (Å²) in [6.45, 7) is 0.123. The molecule has 0 atom stereocenters. The molecule has 1 heterocycles. The molecular formula is C8H6Cl2N2O. The van der Waals surface area contributed by atoms with Crippen molar-refractivity contribution in [2.75, 3.05) is 16.3 Å². The maximum atomic E-state index is 11.1. The minimum atomic E-state index is -0.134. The molecule has 0 radical (unpaired) electrons. The minimum absolute atomic E-state index is 0.123. The van der Waals surface area contributed by atoms with Crippen molar-refractivity contribution in [2.24, 2.45) is 0 Å².